The second-order valence-corrected chi connectivity index (χ2v) is 4.03. The zero-order valence-electron chi connectivity index (χ0n) is 8.32. The van der Waals surface area contributed by atoms with Gasteiger partial charge in [0.2, 0.25) is 0 Å². The maximum absolute atomic E-state index is 13.2. The smallest absolute Gasteiger partial charge is 0.139 e. The van der Waals surface area contributed by atoms with Crippen LogP contribution in [0.15, 0.2) is 41.3 Å². The molecule has 0 spiro atoms. The van der Waals surface area contributed by atoms with Crippen molar-refractivity contribution in [2.75, 3.05) is 5.32 Å². The van der Waals surface area contributed by atoms with Gasteiger partial charge in [-0.3, -0.25) is 9.97 Å². The van der Waals surface area contributed by atoms with Crippen LogP contribution in [0.5, 0.6) is 0 Å². The van der Waals surface area contributed by atoms with Gasteiger partial charge in [0.05, 0.1) is 22.9 Å². The SMILES string of the molecule is Fc1cc(NCc2cnccn2)ccc1Br. The average molecular weight is 282 g/mol. The Morgan fingerprint density at radius 3 is 2.88 bits per heavy atom. The number of hydrogen-bond acceptors (Lipinski definition) is 3. The number of hydrogen-bond donors (Lipinski definition) is 1. The second-order valence-electron chi connectivity index (χ2n) is 3.18. The van der Waals surface area contributed by atoms with E-state index in [0.29, 0.717) is 16.7 Å². The van der Waals surface area contributed by atoms with Gasteiger partial charge in [-0.05, 0) is 34.1 Å². The minimum atomic E-state index is -0.288. The van der Waals surface area contributed by atoms with Crippen molar-refractivity contribution in [2.24, 2.45) is 0 Å². The molecule has 82 valence electrons. The first-order valence-electron chi connectivity index (χ1n) is 4.69. The molecule has 0 aliphatic heterocycles. The Morgan fingerprint density at radius 2 is 2.19 bits per heavy atom. The van der Waals surface area contributed by atoms with Crippen molar-refractivity contribution in [1.82, 2.24) is 9.97 Å². The fourth-order valence-electron chi connectivity index (χ4n) is 1.22. The third kappa shape index (κ3) is 2.76. The lowest BCUT2D eigenvalue weighted by Crippen LogP contribution is -2.01. The molecule has 2 aromatic rings. The molecule has 0 radical (unpaired) electrons. The van der Waals surface area contributed by atoms with E-state index in [0.717, 1.165) is 5.69 Å². The second kappa shape index (κ2) is 5.03. The van der Waals surface area contributed by atoms with Crippen molar-refractivity contribution in [3.63, 3.8) is 0 Å². The Morgan fingerprint density at radius 1 is 1.31 bits per heavy atom. The first-order valence-corrected chi connectivity index (χ1v) is 5.49. The van der Waals surface area contributed by atoms with Crippen LogP contribution in [-0.4, -0.2) is 9.97 Å². The highest BCUT2D eigenvalue weighted by atomic mass is 79.9. The van der Waals surface area contributed by atoms with Crippen LogP contribution >= 0.6 is 15.9 Å². The molecule has 0 aliphatic rings. The summed E-state index contributed by atoms with van der Waals surface area (Å²) in [6.07, 6.45) is 4.91. The molecule has 0 aliphatic carbocycles. The van der Waals surface area contributed by atoms with E-state index >= 15 is 0 Å². The molecule has 0 saturated heterocycles. The lowest BCUT2D eigenvalue weighted by Gasteiger charge is -2.05. The fraction of sp³-hybridized carbons (Fsp3) is 0.0909. The molecular weight excluding hydrogens is 273 g/mol. The summed E-state index contributed by atoms with van der Waals surface area (Å²) in [7, 11) is 0. The highest BCUT2D eigenvalue weighted by Gasteiger charge is 2.00. The van der Waals surface area contributed by atoms with Crippen molar-refractivity contribution in [3.05, 3.63) is 52.8 Å². The van der Waals surface area contributed by atoms with E-state index in [4.69, 9.17) is 0 Å². The number of aromatic nitrogens is 2. The van der Waals surface area contributed by atoms with Crippen LogP contribution in [0.3, 0.4) is 0 Å². The Hall–Kier alpha value is -1.49. The van der Waals surface area contributed by atoms with Gasteiger partial charge in [0.15, 0.2) is 0 Å². The number of anilines is 1. The van der Waals surface area contributed by atoms with E-state index in [1.165, 1.54) is 6.07 Å². The van der Waals surface area contributed by atoms with Crippen molar-refractivity contribution >= 4 is 21.6 Å². The highest BCUT2D eigenvalue weighted by molar-refractivity contribution is 9.10. The zero-order chi connectivity index (χ0) is 11.4. The van der Waals surface area contributed by atoms with Crippen molar-refractivity contribution < 1.29 is 4.39 Å². The Bertz CT molecular complexity index is 476. The predicted octanol–water partition coefficient (Wildman–Crippen LogP) is 2.99. The summed E-state index contributed by atoms with van der Waals surface area (Å²) in [4.78, 5) is 8.05. The lowest BCUT2D eigenvalue weighted by molar-refractivity contribution is 0.621. The van der Waals surface area contributed by atoms with Crippen LogP contribution < -0.4 is 5.32 Å². The van der Waals surface area contributed by atoms with E-state index < -0.39 is 0 Å². The molecule has 16 heavy (non-hydrogen) atoms. The highest BCUT2D eigenvalue weighted by Crippen LogP contribution is 2.19. The molecule has 0 fully saturated rings. The van der Waals surface area contributed by atoms with Crippen LogP contribution in [0.25, 0.3) is 0 Å². The largest absolute Gasteiger partial charge is 0.379 e. The molecule has 2 rings (SSSR count). The Balaban J connectivity index is 2.03. The monoisotopic (exact) mass is 281 g/mol. The van der Waals surface area contributed by atoms with Crippen LogP contribution in [0, 0.1) is 5.82 Å². The van der Waals surface area contributed by atoms with Gasteiger partial charge in [-0.15, -0.1) is 0 Å². The molecule has 1 N–H and O–H groups in total. The maximum Gasteiger partial charge on any atom is 0.139 e. The van der Waals surface area contributed by atoms with E-state index in [1.807, 2.05) is 0 Å². The number of nitrogens with zero attached hydrogens (tertiary/aromatic N) is 2. The van der Waals surface area contributed by atoms with Crippen LogP contribution in [-0.2, 0) is 6.54 Å². The first-order chi connectivity index (χ1) is 7.75. The number of rotatable bonds is 3. The molecule has 1 aromatic carbocycles. The van der Waals surface area contributed by atoms with Crippen LogP contribution in [0.1, 0.15) is 5.69 Å². The number of nitrogens with one attached hydrogen (secondary N) is 1. The molecule has 5 heteroatoms. The number of benzene rings is 1. The third-order valence-corrected chi connectivity index (χ3v) is 2.65. The van der Waals surface area contributed by atoms with Crippen molar-refractivity contribution in [2.45, 2.75) is 6.54 Å². The average Bonchev–Trinajstić information content (AvgIpc) is 2.32. The summed E-state index contributed by atoms with van der Waals surface area (Å²) in [5.74, 6) is -0.288. The van der Waals surface area contributed by atoms with Crippen molar-refractivity contribution in [1.29, 1.82) is 0 Å². The van der Waals surface area contributed by atoms with Gasteiger partial charge >= 0.3 is 0 Å². The predicted molar refractivity (Wildman–Crippen MR) is 63.5 cm³/mol. The van der Waals surface area contributed by atoms with Gasteiger partial charge in [-0.25, -0.2) is 4.39 Å². The summed E-state index contributed by atoms with van der Waals surface area (Å²) >= 11 is 3.10. The number of halogens is 2. The fourth-order valence-corrected chi connectivity index (χ4v) is 1.47. The topological polar surface area (TPSA) is 37.8 Å². The zero-order valence-corrected chi connectivity index (χ0v) is 9.91. The van der Waals surface area contributed by atoms with E-state index in [1.54, 1.807) is 30.7 Å². The molecule has 0 bridgehead atoms. The molecule has 0 atom stereocenters. The van der Waals surface area contributed by atoms with Crippen LogP contribution in [0.4, 0.5) is 10.1 Å². The van der Waals surface area contributed by atoms with Gasteiger partial charge in [0.1, 0.15) is 5.82 Å². The minimum Gasteiger partial charge on any atom is -0.379 e. The summed E-state index contributed by atoms with van der Waals surface area (Å²) in [5.41, 5.74) is 1.53. The standard InChI is InChI=1S/C11H9BrFN3/c12-10-2-1-8(5-11(10)13)16-7-9-6-14-3-4-15-9/h1-6,16H,7H2. The molecule has 1 aromatic heterocycles. The first kappa shape index (κ1) is 11.0. The Labute approximate surface area is 101 Å². The van der Waals surface area contributed by atoms with Gasteiger partial charge < -0.3 is 5.32 Å². The summed E-state index contributed by atoms with van der Waals surface area (Å²) in [5, 5.41) is 3.07. The van der Waals surface area contributed by atoms with Crippen molar-refractivity contribution in [3.8, 4) is 0 Å². The quantitative estimate of drug-likeness (QED) is 0.940. The van der Waals surface area contributed by atoms with Crippen LogP contribution in [0.2, 0.25) is 0 Å². The molecule has 0 saturated carbocycles. The van der Waals surface area contributed by atoms with Gasteiger partial charge in [-0.1, -0.05) is 0 Å². The normalized spacial score (nSPS) is 10.1. The molecule has 0 amide bonds. The molecule has 1 heterocycles. The van der Waals surface area contributed by atoms with Gasteiger partial charge in [0, 0.05) is 18.1 Å². The summed E-state index contributed by atoms with van der Waals surface area (Å²) in [6.45, 7) is 0.523. The van der Waals surface area contributed by atoms with E-state index in [2.05, 4.69) is 31.2 Å². The molecule has 0 unspecified atom stereocenters. The summed E-state index contributed by atoms with van der Waals surface area (Å²) < 4.78 is 13.6. The maximum atomic E-state index is 13.2. The van der Waals surface area contributed by atoms with Gasteiger partial charge in [0.25, 0.3) is 0 Å². The van der Waals surface area contributed by atoms with E-state index in [-0.39, 0.29) is 5.82 Å². The lowest BCUT2D eigenvalue weighted by atomic mass is 10.3. The van der Waals surface area contributed by atoms with Gasteiger partial charge in [-0.2, -0.15) is 0 Å². The summed E-state index contributed by atoms with van der Waals surface area (Å²) in [6, 6.07) is 4.89. The minimum absolute atomic E-state index is 0.288. The third-order valence-electron chi connectivity index (χ3n) is 2.01. The Kier molecular flexibility index (Phi) is 3.46. The van der Waals surface area contributed by atoms with E-state index in [9.17, 15) is 4.39 Å². The molecule has 3 nitrogen and oxygen atoms in total. The molecular formula is C11H9BrFN3.